The fourth-order valence-electron chi connectivity index (χ4n) is 1.89. The Morgan fingerprint density at radius 1 is 1.40 bits per heavy atom. The lowest BCUT2D eigenvalue weighted by molar-refractivity contribution is 0.111. The van der Waals surface area contributed by atoms with Gasteiger partial charge in [-0.1, -0.05) is 20.3 Å². The first-order valence-electron chi connectivity index (χ1n) is 5.89. The van der Waals surface area contributed by atoms with Crippen molar-refractivity contribution < 1.29 is 4.79 Å². The molecule has 1 rings (SSSR count). The van der Waals surface area contributed by atoms with Crippen molar-refractivity contribution in [2.24, 2.45) is 0 Å². The van der Waals surface area contributed by atoms with Gasteiger partial charge in [-0.05, 0) is 38.3 Å². The molecule has 0 fully saturated rings. The Morgan fingerprint density at radius 3 is 2.67 bits per heavy atom. The summed E-state index contributed by atoms with van der Waals surface area (Å²) in [5.41, 5.74) is 2.11. The fourth-order valence-corrected chi connectivity index (χ4v) is 1.89. The number of hydrogen-bond acceptors (Lipinski definition) is 1. The molecular weight excluding hydrogens is 186 g/mol. The smallest absolute Gasteiger partial charge is 0.166 e. The molecule has 0 bridgehead atoms. The molecule has 0 saturated carbocycles. The predicted molar refractivity (Wildman–Crippen MR) is 63.4 cm³/mol. The summed E-state index contributed by atoms with van der Waals surface area (Å²) in [5, 5.41) is 0. The molecule has 0 amide bonds. The molecule has 1 heterocycles. The molecule has 15 heavy (non-hydrogen) atoms. The maximum atomic E-state index is 10.9. The SMILES string of the molecule is CCCCc1ccc(C=O)n1[C@H](C)CC. The molecule has 1 atom stereocenters. The number of nitrogens with zero attached hydrogens (tertiary/aromatic N) is 1. The van der Waals surface area contributed by atoms with Crippen LogP contribution in [-0.4, -0.2) is 10.9 Å². The van der Waals surface area contributed by atoms with Crippen molar-refractivity contribution in [3.63, 3.8) is 0 Å². The van der Waals surface area contributed by atoms with E-state index in [0.29, 0.717) is 6.04 Å². The highest BCUT2D eigenvalue weighted by Gasteiger charge is 2.11. The van der Waals surface area contributed by atoms with Gasteiger partial charge in [-0.25, -0.2) is 0 Å². The number of rotatable bonds is 6. The molecule has 1 aromatic heterocycles. The van der Waals surface area contributed by atoms with Gasteiger partial charge in [-0.15, -0.1) is 0 Å². The lowest BCUT2D eigenvalue weighted by atomic mass is 10.2. The van der Waals surface area contributed by atoms with Crippen LogP contribution >= 0.6 is 0 Å². The zero-order valence-corrected chi connectivity index (χ0v) is 9.99. The molecule has 0 aliphatic carbocycles. The first-order chi connectivity index (χ1) is 7.24. The van der Waals surface area contributed by atoms with Crippen molar-refractivity contribution in [2.45, 2.75) is 52.5 Å². The van der Waals surface area contributed by atoms with E-state index in [0.717, 1.165) is 24.8 Å². The van der Waals surface area contributed by atoms with Crippen LogP contribution in [0.4, 0.5) is 0 Å². The maximum Gasteiger partial charge on any atom is 0.166 e. The Labute approximate surface area is 92.3 Å². The van der Waals surface area contributed by atoms with Crippen LogP contribution in [0.1, 0.15) is 62.3 Å². The summed E-state index contributed by atoms with van der Waals surface area (Å²) in [7, 11) is 0. The molecule has 0 N–H and O–H groups in total. The van der Waals surface area contributed by atoms with Crippen LogP contribution in [0.15, 0.2) is 12.1 Å². The Kier molecular flexibility index (Phi) is 4.60. The van der Waals surface area contributed by atoms with Crippen LogP contribution < -0.4 is 0 Å². The molecule has 0 spiro atoms. The minimum absolute atomic E-state index is 0.423. The highest BCUT2D eigenvalue weighted by Crippen LogP contribution is 2.19. The number of carbonyl (C=O) groups is 1. The number of hydrogen-bond donors (Lipinski definition) is 0. The van der Waals surface area contributed by atoms with Crippen LogP contribution in [0.5, 0.6) is 0 Å². The first-order valence-corrected chi connectivity index (χ1v) is 5.89. The van der Waals surface area contributed by atoms with Gasteiger partial charge < -0.3 is 4.57 Å². The van der Waals surface area contributed by atoms with Crippen LogP contribution in [-0.2, 0) is 6.42 Å². The monoisotopic (exact) mass is 207 g/mol. The van der Waals surface area contributed by atoms with E-state index in [9.17, 15) is 4.79 Å². The molecule has 0 aliphatic rings. The van der Waals surface area contributed by atoms with Crippen molar-refractivity contribution in [2.75, 3.05) is 0 Å². The second-order valence-electron chi connectivity index (χ2n) is 4.10. The molecule has 84 valence electrons. The summed E-state index contributed by atoms with van der Waals surface area (Å²) < 4.78 is 2.18. The second-order valence-corrected chi connectivity index (χ2v) is 4.10. The largest absolute Gasteiger partial charge is 0.340 e. The molecule has 2 heteroatoms. The van der Waals surface area contributed by atoms with E-state index < -0.39 is 0 Å². The van der Waals surface area contributed by atoms with Crippen LogP contribution in [0.2, 0.25) is 0 Å². The molecule has 0 aromatic carbocycles. The number of unbranched alkanes of at least 4 members (excludes halogenated alkanes) is 1. The molecule has 0 unspecified atom stereocenters. The van der Waals surface area contributed by atoms with Crippen LogP contribution in [0.25, 0.3) is 0 Å². The molecule has 0 radical (unpaired) electrons. The van der Waals surface area contributed by atoms with Gasteiger partial charge >= 0.3 is 0 Å². The third-order valence-corrected chi connectivity index (χ3v) is 2.97. The maximum absolute atomic E-state index is 10.9. The zero-order valence-electron chi connectivity index (χ0n) is 9.99. The third kappa shape index (κ3) is 2.71. The highest BCUT2D eigenvalue weighted by molar-refractivity contribution is 5.72. The predicted octanol–water partition coefficient (Wildman–Crippen LogP) is 3.61. The number of carbonyl (C=O) groups excluding carboxylic acids is 1. The Hall–Kier alpha value is -1.05. The molecule has 0 saturated heterocycles. The van der Waals surface area contributed by atoms with Crippen molar-refractivity contribution >= 4 is 6.29 Å². The summed E-state index contributed by atoms with van der Waals surface area (Å²) in [6.07, 6.45) is 5.49. The Balaban J connectivity index is 2.94. The summed E-state index contributed by atoms with van der Waals surface area (Å²) >= 11 is 0. The van der Waals surface area contributed by atoms with E-state index in [1.165, 1.54) is 18.5 Å². The number of aromatic nitrogens is 1. The molecular formula is C13H21NO. The highest BCUT2D eigenvalue weighted by atomic mass is 16.1. The van der Waals surface area contributed by atoms with E-state index in [1.807, 2.05) is 6.07 Å². The zero-order chi connectivity index (χ0) is 11.3. The average Bonchev–Trinajstić information content (AvgIpc) is 2.68. The van der Waals surface area contributed by atoms with E-state index in [-0.39, 0.29) is 0 Å². The first kappa shape index (κ1) is 12.0. The quantitative estimate of drug-likeness (QED) is 0.653. The summed E-state index contributed by atoms with van der Waals surface area (Å²) in [6.45, 7) is 6.52. The van der Waals surface area contributed by atoms with Gasteiger partial charge in [0.05, 0.1) is 5.69 Å². The van der Waals surface area contributed by atoms with Crippen molar-refractivity contribution in [1.82, 2.24) is 4.57 Å². The number of aldehydes is 1. The van der Waals surface area contributed by atoms with Gasteiger partial charge in [0, 0.05) is 11.7 Å². The lowest BCUT2D eigenvalue weighted by Crippen LogP contribution is -2.11. The Morgan fingerprint density at radius 2 is 2.13 bits per heavy atom. The third-order valence-electron chi connectivity index (χ3n) is 2.97. The topological polar surface area (TPSA) is 22.0 Å². The summed E-state index contributed by atoms with van der Waals surface area (Å²) in [6, 6.07) is 4.45. The molecule has 1 aromatic rings. The minimum atomic E-state index is 0.423. The van der Waals surface area contributed by atoms with E-state index >= 15 is 0 Å². The number of aryl methyl sites for hydroxylation is 1. The van der Waals surface area contributed by atoms with E-state index in [4.69, 9.17) is 0 Å². The second kappa shape index (κ2) is 5.74. The van der Waals surface area contributed by atoms with E-state index in [1.54, 1.807) is 0 Å². The Bertz CT molecular complexity index is 314. The standard InChI is InChI=1S/C13H21NO/c1-4-6-7-12-8-9-13(10-15)14(12)11(3)5-2/h8-11H,4-7H2,1-3H3/t11-/m1/s1. The normalized spacial score (nSPS) is 12.7. The lowest BCUT2D eigenvalue weighted by Gasteiger charge is -2.17. The van der Waals surface area contributed by atoms with Gasteiger partial charge in [0.1, 0.15) is 0 Å². The van der Waals surface area contributed by atoms with Crippen LogP contribution in [0.3, 0.4) is 0 Å². The van der Waals surface area contributed by atoms with Crippen LogP contribution in [0, 0.1) is 0 Å². The summed E-state index contributed by atoms with van der Waals surface area (Å²) in [4.78, 5) is 10.9. The van der Waals surface area contributed by atoms with Gasteiger partial charge in [-0.2, -0.15) is 0 Å². The minimum Gasteiger partial charge on any atom is -0.340 e. The fraction of sp³-hybridized carbons (Fsp3) is 0.615. The average molecular weight is 207 g/mol. The molecule has 2 nitrogen and oxygen atoms in total. The van der Waals surface area contributed by atoms with Crippen molar-refractivity contribution in [3.8, 4) is 0 Å². The van der Waals surface area contributed by atoms with Crippen molar-refractivity contribution in [3.05, 3.63) is 23.5 Å². The molecule has 0 aliphatic heterocycles. The van der Waals surface area contributed by atoms with Crippen molar-refractivity contribution in [1.29, 1.82) is 0 Å². The van der Waals surface area contributed by atoms with Gasteiger partial charge in [-0.3, -0.25) is 4.79 Å². The summed E-state index contributed by atoms with van der Waals surface area (Å²) in [5.74, 6) is 0. The van der Waals surface area contributed by atoms with Gasteiger partial charge in [0.2, 0.25) is 0 Å². The van der Waals surface area contributed by atoms with Gasteiger partial charge in [0.25, 0.3) is 0 Å². The van der Waals surface area contributed by atoms with Gasteiger partial charge in [0.15, 0.2) is 6.29 Å². The van der Waals surface area contributed by atoms with E-state index in [2.05, 4.69) is 31.4 Å².